The van der Waals surface area contributed by atoms with E-state index >= 15 is 0 Å². The van der Waals surface area contributed by atoms with E-state index in [1.54, 1.807) is 0 Å². The average molecular weight is 413 g/mol. The molecular formula is C22H28N4O2S. The van der Waals surface area contributed by atoms with E-state index in [-0.39, 0.29) is 11.9 Å². The fraction of sp³-hybridized carbons (Fsp3) is 0.591. The Hall–Kier alpha value is -2.15. The Morgan fingerprint density at radius 2 is 2.14 bits per heavy atom. The Bertz CT molecular complexity index is 957. The van der Waals surface area contributed by atoms with Crippen LogP contribution in [0.3, 0.4) is 0 Å². The number of fused-ring (bicyclic) bond motifs is 5. The van der Waals surface area contributed by atoms with Gasteiger partial charge in [0.15, 0.2) is 5.13 Å². The summed E-state index contributed by atoms with van der Waals surface area (Å²) in [7, 11) is 0. The third kappa shape index (κ3) is 3.19. The van der Waals surface area contributed by atoms with E-state index < -0.39 is 0 Å². The summed E-state index contributed by atoms with van der Waals surface area (Å²) >= 11 is 1.44. The van der Waals surface area contributed by atoms with Gasteiger partial charge in [0.1, 0.15) is 0 Å². The number of anilines is 1. The molecule has 2 N–H and O–H groups in total. The van der Waals surface area contributed by atoms with Gasteiger partial charge >= 0.3 is 0 Å². The first-order valence-electron chi connectivity index (χ1n) is 10.8. The molecule has 3 aliphatic rings. The lowest BCUT2D eigenvalue weighted by Crippen LogP contribution is -2.65. The van der Waals surface area contributed by atoms with Crippen LogP contribution in [-0.4, -0.2) is 51.8 Å². The smallest absolute Gasteiger partial charge is 0.253 e. The SMILES string of the molecule is CCC[C@H]1[C@H]2C[C@H](CN(C(=O)c3ccc4sc(N)nc4c3)C2)[C@@H]2CCCC(=O)N21. The summed E-state index contributed by atoms with van der Waals surface area (Å²) in [5.74, 6) is 1.20. The molecule has 6 nitrogen and oxygen atoms in total. The fourth-order valence-electron chi connectivity index (χ4n) is 5.87. The van der Waals surface area contributed by atoms with Crippen molar-refractivity contribution in [2.24, 2.45) is 11.8 Å². The molecule has 0 aliphatic carbocycles. The number of rotatable bonds is 3. The van der Waals surface area contributed by atoms with Crippen molar-refractivity contribution in [2.75, 3.05) is 18.8 Å². The first-order chi connectivity index (χ1) is 14.0. The van der Waals surface area contributed by atoms with Crippen LogP contribution in [0.25, 0.3) is 10.2 Å². The number of amides is 2. The maximum Gasteiger partial charge on any atom is 0.253 e. The lowest BCUT2D eigenvalue weighted by molar-refractivity contribution is -0.152. The van der Waals surface area contributed by atoms with Crippen LogP contribution in [0, 0.1) is 11.8 Å². The lowest BCUT2D eigenvalue weighted by atomic mass is 9.71. The van der Waals surface area contributed by atoms with E-state index in [2.05, 4.69) is 16.8 Å². The Labute approximate surface area is 175 Å². The Morgan fingerprint density at radius 1 is 1.31 bits per heavy atom. The quantitative estimate of drug-likeness (QED) is 0.836. The summed E-state index contributed by atoms with van der Waals surface area (Å²) in [5.41, 5.74) is 7.30. The molecular weight excluding hydrogens is 384 g/mol. The van der Waals surface area contributed by atoms with Gasteiger partial charge < -0.3 is 15.5 Å². The van der Waals surface area contributed by atoms with Crippen molar-refractivity contribution < 1.29 is 9.59 Å². The number of benzene rings is 1. The Morgan fingerprint density at radius 3 is 2.97 bits per heavy atom. The highest BCUT2D eigenvalue weighted by Crippen LogP contribution is 2.43. The number of aromatic nitrogens is 1. The minimum absolute atomic E-state index is 0.0824. The molecule has 0 radical (unpaired) electrons. The number of thiazole rings is 1. The molecule has 4 atom stereocenters. The van der Waals surface area contributed by atoms with Crippen LogP contribution < -0.4 is 5.73 Å². The summed E-state index contributed by atoms with van der Waals surface area (Å²) in [4.78, 5) is 34.7. The molecule has 0 saturated carbocycles. The van der Waals surface area contributed by atoms with Crippen LogP contribution in [0.1, 0.15) is 55.8 Å². The first-order valence-corrected chi connectivity index (χ1v) is 11.6. The third-order valence-electron chi connectivity index (χ3n) is 7.02. The lowest BCUT2D eigenvalue weighted by Gasteiger charge is -2.56. The largest absolute Gasteiger partial charge is 0.375 e. The van der Waals surface area contributed by atoms with Gasteiger partial charge in [0.2, 0.25) is 5.91 Å². The van der Waals surface area contributed by atoms with Crippen LogP contribution in [0.5, 0.6) is 0 Å². The first kappa shape index (κ1) is 18.9. The molecule has 2 amide bonds. The molecule has 3 aliphatic heterocycles. The third-order valence-corrected chi connectivity index (χ3v) is 7.88. The van der Waals surface area contributed by atoms with Crippen molar-refractivity contribution in [3.05, 3.63) is 23.8 Å². The van der Waals surface area contributed by atoms with Gasteiger partial charge in [-0.3, -0.25) is 9.59 Å². The molecule has 7 heteroatoms. The van der Waals surface area contributed by atoms with E-state index in [1.165, 1.54) is 11.3 Å². The zero-order chi connectivity index (χ0) is 20.1. The summed E-state index contributed by atoms with van der Waals surface area (Å²) in [6, 6.07) is 6.30. The number of carbonyl (C=O) groups excluding carboxylic acids is 2. The number of hydrogen-bond donors (Lipinski definition) is 1. The van der Waals surface area contributed by atoms with Crippen molar-refractivity contribution in [1.29, 1.82) is 0 Å². The second-order valence-corrected chi connectivity index (χ2v) is 9.88. The zero-order valence-electron chi connectivity index (χ0n) is 16.8. The van der Waals surface area contributed by atoms with E-state index in [0.29, 0.717) is 40.9 Å². The molecule has 29 heavy (non-hydrogen) atoms. The number of piperidine rings is 3. The van der Waals surface area contributed by atoms with Crippen molar-refractivity contribution >= 4 is 38.5 Å². The van der Waals surface area contributed by atoms with Gasteiger partial charge in [-0.05, 0) is 55.7 Å². The summed E-state index contributed by atoms with van der Waals surface area (Å²) in [5, 5.41) is 0.529. The molecule has 3 saturated heterocycles. The number of likely N-dealkylation sites (tertiary alicyclic amines) is 1. The molecule has 2 aromatic rings. The van der Waals surface area contributed by atoms with Crippen LogP contribution in [0.2, 0.25) is 0 Å². The van der Waals surface area contributed by atoms with Gasteiger partial charge in [0, 0.05) is 37.2 Å². The fourth-order valence-corrected chi connectivity index (χ4v) is 6.58. The average Bonchev–Trinajstić information content (AvgIpc) is 3.09. The zero-order valence-corrected chi connectivity index (χ0v) is 17.7. The number of nitrogen functional groups attached to an aromatic ring is 1. The van der Waals surface area contributed by atoms with Gasteiger partial charge in [-0.15, -0.1) is 0 Å². The van der Waals surface area contributed by atoms with E-state index in [1.807, 2.05) is 23.1 Å². The van der Waals surface area contributed by atoms with Gasteiger partial charge in [-0.2, -0.15) is 0 Å². The van der Waals surface area contributed by atoms with Crippen LogP contribution >= 0.6 is 11.3 Å². The Kier molecular flexibility index (Phi) is 4.73. The maximum atomic E-state index is 13.4. The second kappa shape index (κ2) is 7.27. The van der Waals surface area contributed by atoms with E-state index in [0.717, 1.165) is 55.4 Å². The topological polar surface area (TPSA) is 79.5 Å². The van der Waals surface area contributed by atoms with Crippen LogP contribution in [0.15, 0.2) is 18.2 Å². The van der Waals surface area contributed by atoms with Crippen molar-refractivity contribution in [3.63, 3.8) is 0 Å². The molecule has 4 heterocycles. The number of nitrogens with zero attached hydrogens (tertiary/aromatic N) is 3. The molecule has 3 fully saturated rings. The van der Waals surface area contributed by atoms with Gasteiger partial charge in [-0.1, -0.05) is 24.7 Å². The molecule has 154 valence electrons. The minimum atomic E-state index is 0.0824. The van der Waals surface area contributed by atoms with Crippen LogP contribution in [-0.2, 0) is 4.79 Å². The van der Waals surface area contributed by atoms with Gasteiger partial charge in [-0.25, -0.2) is 4.98 Å². The molecule has 1 aromatic heterocycles. The highest BCUT2D eigenvalue weighted by Gasteiger charge is 2.49. The minimum Gasteiger partial charge on any atom is -0.375 e. The van der Waals surface area contributed by atoms with Crippen molar-refractivity contribution in [3.8, 4) is 0 Å². The van der Waals surface area contributed by atoms with E-state index in [4.69, 9.17) is 5.73 Å². The predicted molar refractivity (Wildman–Crippen MR) is 115 cm³/mol. The Balaban J connectivity index is 1.42. The van der Waals surface area contributed by atoms with Gasteiger partial charge in [0.25, 0.3) is 5.91 Å². The molecule has 5 rings (SSSR count). The number of carbonyl (C=O) groups is 2. The number of nitrogens with two attached hydrogens (primary N) is 1. The molecule has 0 unspecified atom stereocenters. The molecule has 0 spiro atoms. The van der Waals surface area contributed by atoms with Gasteiger partial charge in [0.05, 0.1) is 10.2 Å². The molecule has 2 bridgehead atoms. The van der Waals surface area contributed by atoms with E-state index in [9.17, 15) is 9.59 Å². The monoisotopic (exact) mass is 412 g/mol. The highest BCUT2D eigenvalue weighted by atomic mass is 32.1. The van der Waals surface area contributed by atoms with Crippen LogP contribution in [0.4, 0.5) is 5.13 Å². The maximum absolute atomic E-state index is 13.4. The second-order valence-electron chi connectivity index (χ2n) is 8.82. The summed E-state index contributed by atoms with van der Waals surface area (Å²) in [6.45, 7) is 3.68. The normalized spacial score (nSPS) is 29.2. The van der Waals surface area contributed by atoms with Crippen molar-refractivity contribution in [1.82, 2.24) is 14.8 Å². The standard InChI is InChI=1S/C22H28N4O2S/c1-2-4-17-14-9-15(18-5-3-6-20(27)26(17)18)12-25(11-14)21(28)13-7-8-19-16(10-13)24-22(23)29-19/h7-8,10,14-15,17-18H,2-6,9,11-12H2,1H3,(H2,23,24)/t14-,15+,17-,18-/m0/s1. The highest BCUT2D eigenvalue weighted by molar-refractivity contribution is 7.22. The number of hydrogen-bond acceptors (Lipinski definition) is 5. The molecule has 1 aromatic carbocycles. The predicted octanol–water partition coefficient (Wildman–Crippen LogP) is 3.52. The van der Waals surface area contributed by atoms with Crippen molar-refractivity contribution in [2.45, 2.75) is 57.5 Å². The summed E-state index contributed by atoms with van der Waals surface area (Å²) in [6.07, 6.45) is 6.00. The summed E-state index contributed by atoms with van der Waals surface area (Å²) < 4.78 is 1.01.